The minimum atomic E-state index is -3.77. The average molecular weight is 431 g/mol. The molecule has 1 N–H and O–H groups in total. The van der Waals surface area contributed by atoms with Crippen molar-refractivity contribution >= 4 is 33.2 Å². The number of anilines is 1. The van der Waals surface area contributed by atoms with Crippen LogP contribution in [0.25, 0.3) is 0 Å². The van der Waals surface area contributed by atoms with Gasteiger partial charge >= 0.3 is 0 Å². The van der Waals surface area contributed by atoms with E-state index in [1.165, 1.54) is 18.4 Å². The van der Waals surface area contributed by atoms with Crippen LogP contribution in [-0.2, 0) is 23.0 Å². The Bertz CT molecular complexity index is 1170. The zero-order valence-electron chi connectivity index (χ0n) is 15.7. The van der Waals surface area contributed by atoms with E-state index in [0.717, 1.165) is 16.7 Å². The van der Waals surface area contributed by atoms with Gasteiger partial charge in [0.1, 0.15) is 0 Å². The van der Waals surface area contributed by atoms with Gasteiger partial charge in [-0.1, -0.05) is 23.7 Å². The van der Waals surface area contributed by atoms with Gasteiger partial charge in [0.2, 0.25) is 0 Å². The number of hydrogen-bond acceptors (Lipinski definition) is 4. The van der Waals surface area contributed by atoms with Crippen molar-refractivity contribution in [2.45, 2.75) is 24.8 Å². The Labute approximate surface area is 174 Å². The lowest BCUT2D eigenvalue weighted by Crippen LogP contribution is -2.35. The molecule has 0 radical (unpaired) electrons. The highest BCUT2D eigenvalue weighted by molar-refractivity contribution is 7.92. The first-order valence-corrected chi connectivity index (χ1v) is 10.9. The molecule has 29 heavy (non-hydrogen) atoms. The van der Waals surface area contributed by atoms with E-state index in [9.17, 15) is 13.2 Å². The Kier molecular flexibility index (Phi) is 5.10. The second kappa shape index (κ2) is 7.57. The fraction of sp³-hybridized carbons (Fsp3) is 0.190. The quantitative estimate of drug-likeness (QED) is 0.671. The molecule has 0 atom stereocenters. The maximum absolute atomic E-state index is 12.7. The first-order chi connectivity index (χ1) is 13.8. The number of nitrogens with zero attached hydrogens (tertiary/aromatic N) is 1. The largest absolute Gasteiger partial charge is 0.459 e. The molecule has 0 aliphatic carbocycles. The smallest absolute Gasteiger partial charge is 0.289 e. The molecule has 1 aliphatic rings. The van der Waals surface area contributed by atoms with E-state index in [-0.39, 0.29) is 10.8 Å². The van der Waals surface area contributed by atoms with E-state index < -0.39 is 10.0 Å². The maximum Gasteiger partial charge on any atom is 0.289 e. The standard InChI is InChI=1S/C21H19ClN2O4S/c1-14-4-7-18(12-19(14)22)29(26,27)23-17-6-5-15-8-9-24(13-16(15)11-17)21(25)20-3-2-10-28-20/h2-7,10-12,23H,8-9,13H2,1H3. The number of fused-ring (bicyclic) bond motifs is 1. The van der Waals surface area contributed by atoms with Gasteiger partial charge in [-0.05, 0) is 66.4 Å². The summed E-state index contributed by atoms with van der Waals surface area (Å²) in [5, 5.41) is 0.394. The Morgan fingerprint density at radius 3 is 2.69 bits per heavy atom. The van der Waals surface area contributed by atoms with Crippen molar-refractivity contribution in [1.82, 2.24) is 4.90 Å². The predicted molar refractivity (Wildman–Crippen MR) is 111 cm³/mol. The molecule has 3 aromatic rings. The van der Waals surface area contributed by atoms with Crippen LogP contribution in [0.5, 0.6) is 0 Å². The average Bonchev–Trinajstić information content (AvgIpc) is 3.23. The van der Waals surface area contributed by atoms with Gasteiger partial charge in [-0.3, -0.25) is 9.52 Å². The van der Waals surface area contributed by atoms with Crippen molar-refractivity contribution in [1.29, 1.82) is 0 Å². The normalized spacial score (nSPS) is 13.8. The summed E-state index contributed by atoms with van der Waals surface area (Å²) in [6.45, 7) is 2.78. The molecule has 1 amide bonds. The first kappa shape index (κ1) is 19.5. The summed E-state index contributed by atoms with van der Waals surface area (Å²) in [5.41, 5.74) is 3.24. The predicted octanol–water partition coefficient (Wildman–Crippen LogP) is 4.24. The van der Waals surface area contributed by atoms with Crippen LogP contribution in [0.1, 0.15) is 27.2 Å². The van der Waals surface area contributed by atoms with Crippen LogP contribution in [0, 0.1) is 6.92 Å². The molecule has 1 aliphatic heterocycles. The number of hydrogen-bond donors (Lipinski definition) is 1. The van der Waals surface area contributed by atoms with Crippen molar-refractivity contribution in [2.24, 2.45) is 0 Å². The van der Waals surface area contributed by atoms with Crippen LogP contribution in [-0.4, -0.2) is 25.8 Å². The Morgan fingerprint density at radius 1 is 1.14 bits per heavy atom. The van der Waals surface area contributed by atoms with Gasteiger partial charge in [0.25, 0.3) is 15.9 Å². The summed E-state index contributed by atoms with van der Waals surface area (Å²) in [7, 11) is -3.77. The molecule has 1 aromatic heterocycles. The molecule has 0 unspecified atom stereocenters. The fourth-order valence-electron chi connectivity index (χ4n) is 3.30. The van der Waals surface area contributed by atoms with Crippen molar-refractivity contribution in [3.63, 3.8) is 0 Å². The summed E-state index contributed by atoms with van der Waals surface area (Å²) >= 11 is 6.07. The zero-order chi connectivity index (χ0) is 20.6. The molecule has 6 nitrogen and oxygen atoms in total. The summed E-state index contributed by atoms with van der Waals surface area (Å²) in [6.07, 6.45) is 2.16. The molecule has 8 heteroatoms. The summed E-state index contributed by atoms with van der Waals surface area (Å²) in [5.74, 6) is 0.113. The number of sulfonamides is 1. The van der Waals surface area contributed by atoms with Gasteiger partial charge in [-0.25, -0.2) is 8.42 Å². The van der Waals surface area contributed by atoms with Crippen LogP contribution in [0.15, 0.2) is 64.1 Å². The fourth-order valence-corrected chi connectivity index (χ4v) is 4.63. The van der Waals surface area contributed by atoms with Crippen molar-refractivity contribution in [3.8, 4) is 0 Å². The molecule has 0 saturated carbocycles. The monoisotopic (exact) mass is 430 g/mol. The number of furan rings is 1. The van der Waals surface area contributed by atoms with Crippen LogP contribution < -0.4 is 4.72 Å². The number of carbonyl (C=O) groups is 1. The highest BCUT2D eigenvalue weighted by Gasteiger charge is 2.24. The number of nitrogens with one attached hydrogen (secondary N) is 1. The third-order valence-electron chi connectivity index (χ3n) is 4.94. The first-order valence-electron chi connectivity index (χ1n) is 9.07. The minimum Gasteiger partial charge on any atom is -0.459 e. The highest BCUT2D eigenvalue weighted by Crippen LogP contribution is 2.26. The number of benzene rings is 2. The number of aryl methyl sites for hydroxylation is 1. The number of carbonyl (C=O) groups excluding carboxylic acids is 1. The van der Waals surface area contributed by atoms with Crippen molar-refractivity contribution < 1.29 is 17.6 Å². The molecule has 0 spiro atoms. The minimum absolute atomic E-state index is 0.0976. The van der Waals surface area contributed by atoms with Gasteiger partial charge in [-0.15, -0.1) is 0 Å². The van der Waals surface area contributed by atoms with E-state index in [1.807, 2.05) is 13.0 Å². The van der Waals surface area contributed by atoms with Crippen molar-refractivity contribution in [2.75, 3.05) is 11.3 Å². The molecule has 2 heterocycles. The van der Waals surface area contributed by atoms with Crippen LogP contribution in [0.3, 0.4) is 0 Å². The topological polar surface area (TPSA) is 79.6 Å². The van der Waals surface area contributed by atoms with Gasteiger partial charge in [0.15, 0.2) is 5.76 Å². The second-order valence-electron chi connectivity index (χ2n) is 6.95. The lowest BCUT2D eigenvalue weighted by molar-refractivity contribution is 0.0702. The Balaban J connectivity index is 1.56. The molecule has 150 valence electrons. The highest BCUT2D eigenvalue weighted by atomic mass is 35.5. The van der Waals surface area contributed by atoms with Crippen LogP contribution in [0.2, 0.25) is 5.02 Å². The number of amides is 1. The van der Waals surface area contributed by atoms with Crippen LogP contribution >= 0.6 is 11.6 Å². The van der Waals surface area contributed by atoms with Crippen molar-refractivity contribution in [3.05, 3.63) is 82.3 Å². The Morgan fingerprint density at radius 2 is 1.97 bits per heavy atom. The van der Waals surface area contributed by atoms with E-state index in [0.29, 0.717) is 36.0 Å². The third kappa shape index (κ3) is 4.02. The summed E-state index contributed by atoms with van der Waals surface area (Å²) in [4.78, 5) is 14.3. The molecular formula is C21H19ClN2O4S. The van der Waals surface area contributed by atoms with Gasteiger partial charge in [0, 0.05) is 23.8 Å². The van der Waals surface area contributed by atoms with E-state index in [4.69, 9.17) is 16.0 Å². The zero-order valence-corrected chi connectivity index (χ0v) is 17.3. The van der Waals surface area contributed by atoms with Crippen LogP contribution in [0.4, 0.5) is 5.69 Å². The number of rotatable bonds is 4. The van der Waals surface area contributed by atoms with Gasteiger partial charge in [-0.2, -0.15) is 0 Å². The lowest BCUT2D eigenvalue weighted by atomic mass is 9.99. The summed E-state index contributed by atoms with van der Waals surface area (Å²) in [6, 6.07) is 13.3. The van der Waals surface area contributed by atoms with Gasteiger partial charge in [0.05, 0.1) is 11.2 Å². The SMILES string of the molecule is Cc1ccc(S(=O)(=O)Nc2ccc3c(c2)CN(C(=O)c2ccco2)CC3)cc1Cl. The Hall–Kier alpha value is -2.77. The molecule has 0 bridgehead atoms. The molecular weight excluding hydrogens is 412 g/mol. The summed E-state index contributed by atoms with van der Waals surface area (Å²) < 4.78 is 33.2. The van der Waals surface area contributed by atoms with Gasteiger partial charge < -0.3 is 9.32 Å². The maximum atomic E-state index is 12.7. The number of halogens is 1. The molecule has 2 aromatic carbocycles. The lowest BCUT2D eigenvalue weighted by Gasteiger charge is -2.28. The third-order valence-corrected chi connectivity index (χ3v) is 6.73. The molecule has 4 rings (SSSR count). The van der Waals surface area contributed by atoms with E-state index >= 15 is 0 Å². The second-order valence-corrected chi connectivity index (χ2v) is 9.04. The van der Waals surface area contributed by atoms with E-state index in [2.05, 4.69) is 4.72 Å². The van der Waals surface area contributed by atoms with E-state index in [1.54, 1.807) is 35.2 Å². The molecule has 0 saturated heterocycles. The molecule has 0 fully saturated rings.